The summed E-state index contributed by atoms with van der Waals surface area (Å²) in [5, 5.41) is 12.4. The van der Waals surface area contributed by atoms with Crippen molar-refractivity contribution >= 4 is 0 Å². The van der Waals surface area contributed by atoms with Gasteiger partial charge in [0.1, 0.15) is 6.07 Å². The molecule has 0 unspecified atom stereocenters. The van der Waals surface area contributed by atoms with E-state index in [4.69, 9.17) is 11.0 Å². The van der Waals surface area contributed by atoms with Gasteiger partial charge in [0.15, 0.2) is 0 Å². The maximum absolute atomic E-state index is 8.48. The van der Waals surface area contributed by atoms with E-state index in [-0.39, 0.29) is 0 Å². The molecule has 0 aliphatic carbocycles. The van der Waals surface area contributed by atoms with Gasteiger partial charge in [-0.2, -0.15) is 10.4 Å². The molecule has 1 heterocycles. The molecule has 1 aromatic rings. The van der Waals surface area contributed by atoms with Gasteiger partial charge in [0.05, 0.1) is 18.3 Å². The second-order valence-corrected chi connectivity index (χ2v) is 2.27. The fourth-order valence-corrected chi connectivity index (χ4v) is 0.800. The highest BCUT2D eigenvalue weighted by molar-refractivity contribution is 5.21. The molecule has 4 heteroatoms. The third-order valence-electron chi connectivity index (χ3n) is 1.36. The first-order valence-electron chi connectivity index (χ1n) is 3.64. The molecular weight excluding hydrogens is 152 g/mol. The molecule has 4 nitrogen and oxygen atoms in total. The lowest BCUT2D eigenvalue weighted by molar-refractivity contribution is 0.700. The van der Waals surface area contributed by atoms with Crippen molar-refractivity contribution in [3.63, 3.8) is 0 Å². The minimum atomic E-state index is 0.534. The molecule has 0 saturated heterocycles. The molecule has 0 aromatic carbocycles. The Bertz CT molecular complexity index is 305. The van der Waals surface area contributed by atoms with Crippen LogP contribution in [0.4, 0.5) is 0 Å². The summed E-state index contributed by atoms with van der Waals surface area (Å²) in [7, 11) is 0. The maximum Gasteiger partial charge on any atom is 0.102 e. The molecule has 1 rings (SSSR count). The lowest BCUT2D eigenvalue weighted by atomic mass is 10.4. The Balaban J connectivity index is 2.54. The average Bonchev–Trinajstić information content (AvgIpc) is 2.53. The van der Waals surface area contributed by atoms with Crippen LogP contribution in [0.25, 0.3) is 0 Å². The topological polar surface area (TPSA) is 67.6 Å². The minimum Gasteiger partial charge on any atom is -0.327 e. The number of nitrogens with zero attached hydrogens (tertiary/aromatic N) is 3. The second kappa shape index (κ2) is 4.31. The van der Waals surface area contributed by atoms with E-state index < -0.39 is 0 Å². The molecule has 1 aromatic heterocycles. The normalized spacial score (nSPS) is 10.3. The van der Waals surface area contributed by atoms with Crippen LogP contribution in [0.2, 0.25) is 0 Å². The molecule has 0 saturated carbocycles. The highest BCUT2D eigenvalue weighted by Crippen LogP contribution is 1.94. The summed E-state index contributed by atoms with van der Waals surface area (Å²) < 4.78 is 1.69. The number of aromatic nitrogens is 2. The number of hydrogen-bond donors (Lipinski definition) is 1. The van der Waals surface area contributed by atoms with Crippen molar-refractivity contribution in [2.75, 3.05) is 6.54 Å². The predicted octanol–water partition coefficient (Wildman–Crippen LogP) is 0.270. The quantitative estimate of drug-likeness (QED) is 0.648. The van der Waals surface area contributed by atoms with Crippen LogP contribution in [-0.4, -0.2) is 16.3 Å². The van der Waals surface area contributed by atoms with Crippen LogP contribution in [-0.2, 0) is 6.54 Å². The van der Waals surface area contributed by atoms with Crippen molar-refractivity contribution in [2.45, 2.75) is 6.54 Å². The van der Waals surface area contributed by atoms with Gasteiger partial charge in [-0.15, -0.1) is 0 Å². The largest absolute Gasteiger partial charge is 0.327 e. The third-order valence-corrected chi connectivity index (χ3v) is 1.36. The van der Waals surface area contributed by atoms with Gasteiger partial charge >= 0.3 is 0 Å². The van der Waals surface area contributed by atoms with E-state index in [0.717, 1.165) is 0 Å². The zero-order valence-corrected chi connectivity index (χ0v) is 6.64. The third kappa shape index (κ3) is 2.22. The van der Waals surface area contributed by atoms with Crippen LogP contribution < -0.4 is 5.73 Å². The van der Waals surface area contributed by atoms with Crippen molar-refractivity contribution in [3.8, 4) is 6.07 Å². The molecule has 0 aliphatic heterocycles. The number of hydrogen-bond acceptors (Lipinski definition) is 3. The smallest absolute Gasteiger partial charge is 0.102 e. The number of allylic oxidation sites excluding steroid dienone is 1. The summed E-state index contributed by atoms with van der Waals surface area (Å²) in [6.07, 6.45) is 7.00. The Morgan fingerprint density at radius 1 is 1.67 bits per heavy atom. The van der Waals surface area contributed by atoms with E-state index in [2.05, 4.69) is 5.10 Å². The first kappa shape index (κ1) is 8.50. The van der Waals surface area contributed by atoms with Crippen molar-refractivity contribution in [1.82, 2.24) is 9.78 Å². The molecule has 0 spiro atoms. The zero-order chi connectivity index (χ0) is 8.81. The van der Waals surface area contributed by atoms with E-state index in [1.54, 1.807) is 10.9 Å². The molecule has 0 atom stereocenters. The molecule has 0 fully saturated rings. The SMILES string of the molecule is N#Cc1cnn(C/C=C/CN)c1. The number of rotatable bonds is 3. The standard InChI is InChI=1S/C8H10N4/c9-3-1-2-4-12-7-8(5-10)6-11-12/h1-2,6-7H,3-4,9H2/b2-1+. The zero-order valence-electron chi connectivity index (χ0n) is 6.64. The van der Waals surface area contributed by atoms with Gasteiger partial charge in [-0.1, -0.05) is 12.2 Å². The average molecular weight is 162 g/mol. The van der Waals surface area contributed by atoms with Crippen LogP contribution in [0.5, 0.6) is 0 Å². The van der Waals surface area contributed by atoms with Gasteiger partial charge in [0.25, 0.3) is 0 Å². The molecule has 2 N–H and O–H groups in total. The summed E-state index contributed by atoms with van der Waals surface area (Å²) in [6.45, 7) is 1.20. The second-order valence-electron chi connectivity index (χ2n) is 2.27. The lowest BCUT2D eigenvalue weighted by Crippen LogP contribution is -1.97. The highest BCUT2D eigenvalue weighted by Gasteiger charge is 1.92. The number of nitriles is 1. The van der Waals surface area contributed by atoms with E-state index in [0.29, 0.717) is 18.7 Å². The first-order valence-corrected chi connectivity index (χ1v) is 3.64. The summed E-state index contributed by atoms with van der Waals surface area (Å²) in [5.74, 6) is 0. The Hall–Kier alpha value is -1.60. The molecule has 0 bridgehead atoms. The fourth-order valence-electron chi connectivity index (χ4n) is 0.800. The Labute approximate surface area is 70.9 Å². The van der Waals surface area contributed by atoms with Gasteiger partial charge < -0.3 is 5.73 Å². The van der Waals surface area contributed by atoms with Crippen LogP contribution in [0, 0.1) is 11.3 Å². The molecule has 0 radical (unpaired) electrons. The van der Waals surface area contributed by atoms with E-state index in [9.17, 15) is 0 Å². The van der Waals surface area contributed by atoms with Crippen LogP contribution in [0.1, 0.15) is 5.56 Å². The fraction of sp³-hybridized carbons (Fsp3) is 0.250. The molecule has 12 heavy (non-hydrogen) atoms. The van der Waals surface area contributed by atoms with Crippen LogP contribution in [0.3, 0.4) is 0 Å². The van der Waals surface area contributed by atoms with Crippen molar-refractivity contribution in [2.24, 2.45) is 5.73 Å². The van der Waals surface area contributed by atoms with Gasteiger partial charge in [0, 0.05) is 12.7 Å². The van der Waals surface area contributed by atoms with Gasteiger partial charge in [-0.25, -0.2) is 0 Å². The summed E-state index contributed by atoms with van der Waals surface area (Å²) in [4.78, 5) is 0. The minimum absolute atomic E-state index is 0.534. The maximum atomic E-state index is 8.48. The molecule has 0 amide bonds. The van der Waals surface area contributed by atoms with Crippen molar-refractivity contribution < 1.29 is 0 Å². The Kier molecular flexibility index (Phi) is 3.05. The number of nitrogens with two attached hydrogens (primary N) is 1. The Morgan fingerprint density at radius 2 is 2.50 bits per heavy atom. The molecular formula is C8H10N4. The summed E-state index contributed by atoms with van der Waals surface area (Å²) >= 11 is 0. The van der Waals surface area contributed by atoms with Crippen molar-refractivity contribution in [3.05, 3.63) is 30.1 Å². The summed E-state index contributed by atoms with van der Waals surface area (Å²) in [5.41, 5.74) is 5.83. The monoisotopic (exact) mass is 162 g/mol. The van der Waals surface area contributed by atoms with E-state index >= 15 is 0 Å². The van der Waals surface area contributed by atoms with Gasteiger partial charge in [-0.05, 0) is 0 Å². The highest BCUT2D eigenvalue weighted by atomic mass is 15.3. The van der Waals surface area contributed by atoms with Gasteiger partial charge in [-0.3, -0.25) is 4.68 Å². The van der Waals surface area contributed by atoms with E-state index in [1.165, 1.54) is 6.20 Å². The van der Waals surface area contributed by atoms with E-state index in [1.807, 2.05) is 18.2 Å². The molecule has 62 valence electrons. The van der Waals surface area contributed by atoms with Gasteiger partial charge in [0.2, 0.25) is 0 Å². The molecule has 0 aliphatic rings. The first-order chi connectivity index (χ1) is 5.86. The predicted molar refractivity (Wildman–Crippen MR) is 45.1 cm³/mol. The Morgan fingerprint density at radius 3 is 3.08 bits per heavy atom. The van der Waals surface area contributed by atoms with Crippen LogP contribution >= 0.6 is 0 Å². The van der Waals surface area contributed by atoms with Crippen LogP contribution in [0.15, 0.2) is 24.5 Å². The lowest BCUT2D eigenvalue weighted by Gasteiger charge is -1.91. The van der Waals surface area contributed by atoms with Crippen molar-refractivity contribution in [1.29, 1.82) is 5.26 Å². The summed E-state index contributed by atoms with van der Waals surface area (Å²) in [6, 6.07) is 2.01.